The standard InChI is InChI=1S/C17H15N5O2/c1-12(23)20-14-3-5-15(6-4-14)21-17(24)13-2-7-16(19-10-13)22-9-8-18-11-22/h2-11H,1H3,(H,20,23)(H,21,24). The minimum atomic E-state index is -0.257. The van der Waals surface area contributed by atoms with E-state index in [9.17, 15) is 9.59 Å². The molecule has 0 fully saturated rings. The monoisotopic (exact) mass is 321 g/mol. The molecule has 2 aromatic heterocycles. The van der Waals surface area contributed by atoms with E-state index >= 15 is 0 Å². The van der Waals surface area contributed by atoms with Gasteiger partial charge < -0.3 is 10.6 Å². The highest BCUT2D eigenvalue weighted by Gasteiger charge is 2.07. The van der Waals surface area contributed by atoms with E-state index in [-0.39, 0.29) is 11.8 Å². The van der Waals surface area contributed by atoms with E-state index in [1.165, 1.54) is 13.1 Å². The first-order chi connectivity index (χ1) is 11.6. The summed E-state index contributed by atoms with van der Waals surface area (Å²) >= 11 is 0. The molecule has 0 radical (unpaired) electrons. The van der Waals surface area contributed by atoms with Crippen molar-refractivity contribution in [2.24, 2.45) is 0 Å². The van der Waals surface area contributed by atoms with E-state index in [1.54, 1.807) is 59.7 Å². The number of benzene rings is 1. The van der Waals surface area contributed by atoms with Crippen molar-refractivity contribution in [3.63, 3.8) is 0 Å². The Morgan fingerprint density at radius 3 is 2.25 bits per heavy atom. The number of carbonyl (C=O) groups is 2. The highest BCUT2D eigenvalue weighted by molar-refractivity contribution is 6.04. The van der Waals surface area contributed by atoms with Crippen molar-refractivity contribution in [1.82, 2.24) is 14.5 Å². The molecule has 0 aliphatic heterocycles. The molecule has 2 amide bonds. The van der Waals surface area contributed by atoms with Crippen LogP contribution in [0.25, 0.3) is 5.82 Å². The second-order valence-corrected chi connectivity index (χ2v) is 5.09. The number of amides is 2. The molecule has 0 atom stereocenters. The van der Waals surface area contributed by atoms with Gasteiger partial charge in [0.05, 0.1) is 5.56 Å². The van der Waals surface area contributed by atoms with Gasteiger partial charge in [-0.05, 0) is 36.4 Å². The number of carbonyl (C=O) groups excluding carboxylic acids is 2. The van der Waals surface area contributed by atoms with E-state index in [1.807, 2.05) is 0 Å². The highest BCUT2D eigenvalue weighted by Crippen LogP contribution is 2.15. The Hall–Kier alpha value is -3.48. The SMILES string of the molecule is CC(=O)Nc1ccc(NC(=O)c2ccc(-n3ccnc3)nc2)cc1. The molecule has 0 aliphatic rings. The largest absolute Gasteiger partial charge is 0.326 e. The minimum absolute atomic E-state index is 0.143. The highest BCUT2D eigenvalue weighted by atomic mass is 16.2. The van der Waals surface area contributed by atoms with Crippen LogP contribution in [0.15, 0.2) is 61.3 Å². The lowest BCUT2D eigenvalue weighted by Gasteiger charge is -2.07. The molecule has 0 saturated carbocycles. The fourth-order valence-corrected chi connectivity index (χ4v) is 2.11. The van der Waals surface area contributed by atoms with Crippen LogP contribution < -0.4 is 10.6 Å². The van der Waals surface area contributed by atoms with Crippen LogP contribution in [0.1, 0.15) is 17.3 Å². The first-order valence-corrected chi connectivity index (χ1v) is 7.25. The molecule has 2 N–H and O–H groups in total. The molecule has 24 heavy (non-hydrogen) atoms. The topological polar surface area (TPSA) is 88.9 Å². The van der Waals surface area contributed by atoms with E-state index in [0.29, 0.717) is 22.8 Å². The van der Waals surface area contributed by atoms with Crippen LogP contribution in [0.2, 0.25) is 0 Å². The van der Waals surface area contributed by atoms with Gasteiger partial charge in [0.25, 0.3) is 5.91 Å². The summed E-state index contributed by atoms with van der Waals surface area (Å²) in [6.07, 6.45) is 6.58. The van der Waals surface area contributed by atoms with Gasteiger partial charge in [0.15, 0.2) is 0 Å². The fourth-order valence-electron chi connectivity index (χ4n) is 2.11. The lowest BCUT2D eigenvalue weighted by atomic mass is 10.2. The van der Waals surface area contributed by atoms with Gasteiger partial charge in [-0.1, -0.05) is 0 Å². The summed E-state index contributed by atoms with van der Waals surface area (Å²) in [5.74, 6) is 0.284. The zero-order valence-corrected chi connectivity index (χ0v) is 12.9. The number of pyridine rings is 1. The van der Waals surface area contributed by atoms with E-state index in [0.717, 1.165) is 0 Å². The molecule has 0 spiro atoms. The van der Waals surface area contributed by atoms with Crippen LogP contribution in [-0.4, -0.2) is 26.3 Å². The lowest BCUT2D eigenvalue weighted by molar-refractivity contribution is -0.114. The third kappa shape index (κ3) is 3.64. The Labute approximate surface area is 138 Å². The van der Waals surface area contributed by atoms with Crippen molar-refractivity contribution < 1.29 is 9.59 Å². The predicted molar refractivity (Wildman–Crippen MR) is 90.1 cm³/mol. The molecule has 0 unspecified atom stereocenters. The van der Waals surface area contributed by atoms with Crippen molar-refractivity contribution in [1.29, 1.82) is 0 Å². The Bertz CT molecular complexity index is 840. The van der Waals surface area contributed by atoms with Gasteiger partial charge in [0.2, 0.25) is 5.91 Å². The first-order valence-electron chi connectivity index (χ1n) is 7.25. The third-order valence-corrected chi connectivity index (χ3v) is 3.24. The van der Waals surface area contributed by atoms with Gasteiger partial charge in [-0.3, -0.25) is 14.2 Å². The average molecular weight is 321 g/mol. The fraction of sp³-hybridized carbons (Fsp3) is 0.0588. The van der Waals surface area contributed by atoms with Crippen molar-refractivity contribution >= 4 is 23.2 Å². The molecule has 0 saturated heterocycles. The molecular weight excluding hydrogens is 306 g/mol. The Morgan fingerprint density at radius 2 is 1.71 bits per heavy atom. The van der Waals surface area contributed by atoms with Gasteiger partial charge >= 0.3 is 0 Å². The minimum Gasteiger partial charge on any atom is -0.326 e. The molecule has 3 aromatic rings. The molecule has 7 nitrogen and oxygen atoms in total. The molecule has 0 aliphatic carbocycles. The van der Waals surface area contributed by atoms with Crippen LogP contribution in [0.4, 0.5) is 11.4 Å². The molecule has 7 heteroatoms. The zero-order chi connectivity index (χ0) is 16.9. The number of nitrogens with one attached hydrogen (secondary N) is 2. The van der Waals surface area contributed by atoms with Gasteiger partial charge in [-0.25, -0.2) is 9.97 Å². The molecular formula is C17H15N5O2. The number of hydrogen-bond acceptors (Lipinski definition) is 4. The van der Waals surface area contributed by atoms with Crippen molar-refractivity contribution in [3.8, 4) is 5.82 Å². The summed E-state index contributed by atoms with van der Waals surface area (Å²) in [7, 11) is 0. The number of aromatic nitrogens is 3. The summed E-state index contributed by atoms with van der Waals surface area (Å²) in [5, 5.41) is 5.45. The van der Waals surface area contributed by atoms with E-state index in [2.05, 4.69) is 20.6 Å². The van der Waals surface area contributed by atoms with Crippen LogP contribution >= 0.6 is 0 Å². The molecule has 0 bridgehead atoms. The summed E-state index contributed by atoms with van der Waals surface area (Å²) in [6.45, 7) is 1.44. The number of nitrogens with zero attached hydrogens (tertiary/aromatic N) is 3. The summed E-state index contributed by atoms with van der Waals surface area (Å²) in [6, 6.07) is 10.3. The maximum Gasteiger partial charge on any atom is 0.257 e. The third-order valence-electron chi connectivity index (χ3n) is 3.24. The second-order valence-electron chi connectivity index (χ2n) is 5.09. The van der Waals surface area contributed by atoms with Gasteiger partial charge in [-0.2, -0.15) is 0 Å². The Balaban J connectivity index is 1.67. The maximum atomic E-state index is 12.2. The number of rotatable bonds is 4. The predicted octanol–water partition coefficient (Wildman–Crippen LogP) is 2.48. The first kappa shape index (κ1) is 15.4. The average Bonchev–Trinajstić information content (AvgIpc) is 3.11. The van der Waals surface area contributed by atoms with Crippen LogP contribution in [0.3, 0.4) is 0 Å². The molecule has 2 heterocycles. The van der Waals surface area contributed by atoms with Crippen LogP contribution in [0.5, 0.6) is 0 Å². The van der Waals surface area contributed by atoms with Gasteiger partial charge in [-0.15, -0.1) is 0 Å². The summed E-state index contributed by atoms with van der Waals surface area (Å²) in [4.78, 5) is 31.4. The summed E-state index contributed by atoms with van der Waals surface area (Å²) < 4.78 is 1.75. The van der Waals surface area contributed by atoms with E-state index < -0.39 is 0 Å². The maximum absolute atomic E-state index is 12.2. The van der Waals surface area contributed by atoms with Gasteiger partial charge in [0.1, 0.15) is 12.1 Å². The number of imidazole rings is 1. The molecule has 3 rings (SSSR count). The lowest BCUT2D eigenvalue weighted by Crippen LogP contribution is -2.12. The smallest absolute Gasteiger partial charge is 0.257 e. The van der Waals surface area contributed by atoms with Crippen molar-refractivity contribution in [3.05, 3.63) is 66.9 Å². The van der Waals surface area contributed by atoms with E-state index in [4.69, 9.17) is 0 Å². The van der Waals surface area contributed by atoms with Gasteiger partial charge in [0, 0.05) is 36.9 Å². The second kappa shape index (κ2) is 6.74. The van der Waals surface area contributed by atoms with Crippen LogP contribution in [0, 0.1) is 0 Å². The molecule has 120 valence electrons. The number of hydrogen-bond donors (Lipinski definition) is 2. The Morgan fingerprint density at radius 1 is 1.00 bits per heavy atom. The van der Waals surface area contributed by atoms with Crippen molar-refractivity contribution in [2.45, 2.75) is 6.92 Å². The van der Waals surface area contributed by atoms with Crippen molar-refractivity contribution in [2.75, 3.05) is 10.6 Å². The summed E-state index contributed by atoms with van der Waals surface area (Å²) in [5.41, 5.74) is 1.75. The normalized spacial score (nSPS) is 10.2. The zero-order valence-electron chi connectivity index (χ0n) is 12.9. The van der Waals surface area contributed by atoms with Crippen LogP contribution in [-0.2, 0) is 4.79 Å². The number of anilines is 2. The Kier molecular flexibility index (Phi) is 4.33. The molecule has 1 aromatic carbocycles. The quantitative estimate of drug-likeness (QED) is 0.772.